The van der Waals surface area contributed by atoms with Crippen LogP contribution in [0, 0.1) is 5.92 Å². The number of nitrogens with zero attached hydrogens (tertiary/aromatic N) is 1. The van der Waals surface area contributed by atoms with E-state index in [0.717, 1.165) is 0 Å². The second-order valence-electron chi connectivity index (χ2n) is 4.02. The summed E-state index contributed by atoms with van der Waals surface area (Å²) in [5, 5.41) is 9.31. The number of rotatable bonds is 4. The van der Waals surface area contributed by atoms with E-state index in [2.05, 4.69) is 12.6 Å². The smallest absolute Gasteiger partial charge is 0.326 e. The highest BCUT2D eigenvalue weighted by molar-refractivity contribution is 7.99. The van der Waals surface area contributed by atoms with Gasteiger partial charge in [0.2, 0.25) is 5.91 Å². The summed E-state index contributed by atoms with van der Waals surface area (Å²) >= 11 is 5.69. The van der Waals surface area contributed by atoms with Gasteiger partial charge < -0.3 is 10.0 Å². The largest absolute Gasteiger partial charge is 0.480 e. The molecule has 0 spiro atoms. The fourth-order valence-electron chi connectivity index (χ4n) is 1.81. The summed E-state index contributed by atoms with van der Waals surface area (Å²) in [6.07, 6.45) is 2.49. The van der Waals surface area contributed by atoms with E-state index in [1.54, 1.807) is 18.7 Å². The molecule has 3 atom stereocenters. The van der Waals surface area contributed by atoms with Gasteiger partial charge in [-0.3, -0.25) is 4.79 Å². The van der Waals surface area contributed by atoms with E-state index >= 15 is 0 Å². The molecule has 6 heteroatoms. The molecule has 1 amide bonds. The van der Waals surface area contributed by atoms with Crippen LogP contribution in [-0.2, 0) is 9.59 Å². The monoisotopic (exact) mass is 263 g/mol. The molecule has 4 nitrogen and oxygen atoms in total. The Balaban J connectivity index is 2.76. The molecule has 0 aromatic rings. The highest BCUT2D eigenvalue weighted by Crippen LogP contribution is 2.27. The number of thioether (sulfide) groups is 1. The molecular formula is C10H17NO3S2. The highest BCUT2D eigenvalue weighted by atomic mass is 32.2. The van der Waals surface area contributed by atoms with Crippen LogP contribution in [-0.4, -0.2) is 51.7 Å². The number of carboxylic acids is 1. The third-order valence-electron chi connectivity index (χ3n) is 2.86. The van der Waals surface area contributed by atoms with E-state index in [9.17, 15) is 9.59 Å². The molecule has 16 heavy (non-hydrogen) atoms. The van der Waals surface area contributed by atoms with E-state index in [4.69, 9.17) is 5.11 Å². The van der Waals surface area contributed by atoms with E-state index < -0.39 is 12.0 Å². The van der Waals surface area contributed by atoms with Crippen molar-refractivity contribution in [1.82, 2.24) is 4.90 Å². The topological polar surface area (TPSA) is 57.6 Å². The fourth-order valence-corrected chi connectivity index (χ4v) is 2.65. The summed E-state index contributed by atoms with van der Waals surface area (Å²) in [4.78, 5) is 24.5. The Morgan fingerprint density at radius 2 is 2.25 bits per heavy atom. The number of hydrogen-bond donors (Lipinski definition) is 2. The van der Waals surface area contributed by atoms with Crippen LogP contribution in [0.5, 0.6) is 0 Å². The zero-order valence-corrected chi connectivity index (χ0v) is 11.1. The van der Waals surface area contributed by atoms with Gasteiger partial charge in [-0.2, -0.15) is 24.4 Å². The molecule has 1 heterocycles. The average Bonchev–Trinajstić information content (AvgIpc) is 2.71. The van der Waals surface area contributed by atoms with Crippen molar-refractivity contribution < 1.29 is 14.7 Å². The quantitative estimate of drug-likeness (QED) is 0.742. The van der Waals surface area contributed by atoms with Gasteiger partial charge in [0.15, 0.2) is 0 Å². The molecular weight excluding hydrogens is 246 g/mol. The first-order chi connectivity index (χ1) is 7.51. The second-order valence-corrected chi connectivity index (χ2v) is 5.52. The molecule has 0 aliphatic carbocycles. The zero-order chi connectivity index (χ0) is 12.3. The third-order valence-corrected chi connectivity index (χ3v) is 4.42. The maximum Gasteiger partial charge on any atom is 0.326 e. The molecule has 0 saturated carbocycles. The lowest BCUT2D eigenvalue weighted by molar-refractivity contribution is -0.149. The number of carboxylic acid groups (broad SMARTS) is 1. The number of carbonyl (C=O) groups is 2. The molecule has 1 saturated heterocycles. The lowest BCUT2D eigenvalue weighted by atomic mass is 10.1. The van der Waals surface area contributed by atoms with Gasteiger partial charge in [-0.1, -0.05) is 6.92 Å². The third kappa shape index (κ3) is 2.85. The molecule has 1 N–H and O–H groups in total. The van der Waals surface area contributed by atoms with Crippen molar-refractivity contribution in [3.8, 4) is 0 Å². The predicted octanol–water partition coefficient (Wildman–Crippen LogP) is 0.969. The van der Waals surface area contributed by atoms with Gasteiger partial charge in [0.25, 0.3) is 0 Å². The Kier molecular flexibility index (Phi) is 4.98. The zero-order valence-electron chi connectivity index (χ0n) is 9.42. The SMILES string of the molecule is CS[C@H]1C[C@@H](C(=O)O)N(C(=O)[C@H](C)CS)C1. The minimum absolute atomic E-state index is 0.0982. The first kappa shape index (κ1) is 13.7. The lowest BCUT2D eigenvalue weighted by Crippen LogP contribution is -2.43. The van der Waals surface area contributed by atoms with Crippen LogP contribution >= 0.6 is 24.4 Å². The minimum Gasteiger partial charge on any atom is -0.480 e. The van der Waals surface area contributed by atoms with Crippen LogP contribution < -0.4 is 0 Å². The van der Waals surface area contributed by atoms with Crippen LogP contribution in [0.1, 0.15) is 13.3 Å². The van der Waals surface area contributed by atoms with Crippen molar-refractivity contribution >= 4 is 36.3 Å². The number of likely N-dealkylation sites (tertiary alicyclic amines) is 1. The molecule has 1 rings (SSSR count). The van der Waals surface area contributed by atoms with Crippen molar-refractivity contribution in [3.63, 3.8) is 0 Å². The van der Waals surface area contributed by atoms with Crippen LogP contribution in [0.3, 0.4) is 0 Å². The maximum atomic E-state index is 12.0. The molecule has 1 aliphatic heterocycles. The molecule has 1 aliphatic rings. The van der Waals surface area contributed by atoms with Crippen molar-refractivity contribution in [2.75, 3.05) is 18.6 Å². The number of aliphatic carboxylic acids is 1. The van der Waals surface area contributed by atoms with Crippen LogP contribution in [0.15, 0.2) is 0 Å². The molecule has 0 unspecified atom stereocenters. The van der Waals surface area contributed by atoms with Gasteiger partial charge >= 0.3 is 5.97 Å². The van der Waals surface area contributed by atoms with Gasteiger partial charge in [-0.05, 0) is 12.7 Å². The normalized spacial score (nSPS) is 26.8. The van der Waals surface area contributed by atoms with Crippen molar-refractivity contribution in [2.24, 2.45) is 5.92 Å². The number of hydrogen-bond acceptors (Lipinski definition) is 4. The summed E-state index contributed by atoms with van der Waals surface area (Å²) in [5.41, 5.74) is 0. The van der Waals surface area contributed by atoms with E-state index in [1.165, 1.54) is 4.90 Å². The van der Waals surface area contributed by atoms with Crippen molar-refractivity contribution in [1.29, 1.82) is 0 Å². The minimum atomic E-state index is -0.906. The summed E-state index contributed by atoms with van der Waals surface area (Å²) in [5.74, 6) is -0.771. The van der Waals surface area contributed by atoms with E-state index in [1.807, 2.05) is 6.26 Å². The molecule has 0 aromatic heterocycles. The Morgan fingerprint density at radius 3 is 2.69 bits per heavy atom. The first-order valence-corrected chi connectivity index (χ1v) is 7.10. The number of thiol groups is 1. The van der Waals surface area contributed by atoms with E-state index in [0.29, 0.717) is 18.7 Å². The van der Waals surface area contributed by atoms with Gasteiger partial charge in [0.05, 0.1) is 0 Å². The first-order valence-electron chi connectivity index (χ1n) is 5.18. The number of carbonyl (C=O) groups excluding carboxylic acids is 1. The molecule has 0 radical (unpaired) electrons. The molecule has 1 fully saturated rings. The molecule has 0 bridgehead atoms. The fraction of sp³-hybridized carbons (Fsp3) is 0.800. The summed E-state index contributed by atoms with van der Waals surface area (Å²) < 4.78 is 0. The Bertz CT molecular complexity index is 285. The Morgan fingerprint density at radius 1 is 1.62 bits per heavy atom. The Labute approximate surface area is 105 Å². The number of amides is 1. The second kappa shape index (κ2) is 5.82. The standard InChI is InChI=1S/C10H17NO3S2/c1-6(5-15)9(12)11-4-7(16-2)3-8(11)10(13)14/h6-8,15H,3-5H2,1-2H3,(H,13,14)/t6-,7+,8+/m1/s1. The van der Waals surface area contributed by atoms with Gasteiger partial charge in [0.1, 0.15) is 6.04 Å². The van der Waals surface area contributed by atoms with Crippen molar-refractivity contribution in [3.05, 3.63) is 0 Å². The highest BCUT2D eigenvalue weighted by Gasteiger charge is 2.40. The van der Waals surface area contributed by atoms with Gasteiger partial charge in [-0.15, -0.1) is 0 Å². The lowest BCUT2D eigenvalue weighted by Gasteiger charge is -2.24. The van der Waals surface area contributed by atoms with Crippen LogP contribution in [0.2, 0.25) is 0 Å². The van der Waals surface area contributed by atoms with Crippen LogP contribution in [0.25, 0.3) is 0 Å². The summed E-state index contributed by atoms with van der Waals surface area (Å²) in [7, 11) is 0. The van der Waals surface area contributed by atoms with Gasteiger partial charge in [0, 0.05) is 23.5 Å². The Hall–Kier alpha value is -0.360. The molecule has 0 aromatic carbocycles. The maximum absolute atomic E-state index is 12.0. The van der Waals surface area contributed by atoms with Gasteiger partial charge in [-0.25, -0.2) is 4.79 Å². The van der Waals surface area contributed by atoms with Crippen LogP contribution in [0.4, 0.5) is 0 Å². The van der Waals surface area contributed by atoms with E-state index in [-0.39, 0.29) is 17.1 Å². The molecule has 92 valence electrons. The average molecular weight is 263 g/mol. The van der Waals surface area contributed by atoms with Crippen molar-refractivity contribution in [2.45, 2.75) is 24.6 Å². The predicted molar refractivity (Wildman–Crippen MR) is 68.1 cm³/mol. The summed E-state index contributed by atoms with van der Waals surface area (Å²) in [6, 6.07) is -0.660. The summed E-state index contributed by atoms with van der Waals surface area (Å²) in [6.45, 7) is 2.32.